The van der Waals surface area contributed by atoms with E-state index in [-0.39, 0.29) is 24.0 Å². The molecule has 1 aromatic heterocycles. The predicted octanol–water partition coefficient (Wildman–Crippen LogP) is 3.01. The Balaban J connectivity index is 0.00000208. The van der Waals surface area contributed by atoms with Crippen LogP contribution in [0.2, 0.25) is 0 Å². The molecule has 2 heterocycles. The van der Waals surface area contributed by atoms with E-state index in [4.69, 9.17) is 5.10 Å². The van der Waals surface area contributed by atoms with E-state index >= 15 is 0 Å². The number of nitrogens with zero attached hydrogens (tertiary/aromatic N) is 4. The number of likely N-dealkylation sites (N-methyl/N-ethyl adjacent to an activating group) is 1. The Morgan fingerprint density at radius 3 is 2.46 bits per heavy atom. The molecule has 2 aromatic rings. The second-order valence-electron chi connectivity index (χ2n) is 5.81. The van der Waals surface area contributed by atoms with E-state index in [1.54, 1.807) is 0 Å². The minimum atomic E-state index is 0. The first-order valence-electron chi connectivity index (χ1n) is 8.39. The molecule has 0 atom stereocenters. The molecule has 3 rings (SSSR count). The lowest BCUT2D eigenvalue weighted by molar-refractivity contribution is 0.533. The fourth-order valence-electron chi connectivity index (χ4n) is 3.06. The number of aromatic nitrogens is 2. The minimum absolute atomic E-state index is 0. The second-order valence-corrected chi connectivity index (χ2v) is 5.81. The number of guanidine groups is 1. The van der Waals surface area contributed by atoms with Crippen molar-refractivity contribution in [1.29, 1.82) is 0 Å². The van der Waals surface area contributed by atoms with Crippen molar-refractivity contribution in [3.63, 3.8) is 0 Å². The summed E-state index contributed by atoms with van der Waals surface area (Å²) in [6.45, 7) is 7.01. The van der Waals surface area contributed by atoms with Crippen molar-refractivity contribution in [3.05, 3.63) is 47.3 Å². The predicted molar refractivity (Wildman–Crippen MR) is 110 cm³/mol. The Kier molecular flexibility index (Phi) is 6.65. The maximum absolute atomic E-state index is 4.86. The molecule has 0 unspecified atom stereocenters. The van der Waals surface area contributed by atoms with Gasteiger partial charge in [0, 0.05) is 31.4 Å². The highest BCUT2D eigenvalue weighted by Crippen LogP contribution is 2.20. The van der Waals surface area contributed by atoms with E-state index in [0.717, 1.165) is 44.1 Å². The summed E-state index contributed by atoms with van der Waals surface area (Å²) in [6.07, 6.45) is 1.90. The maximum Gasteiger partial charge on any atom is 0.194 e. The minimum Gasteiger partial charge on any atom is -0.352 e. The molecule has 6 heteroatoms. The molecule has 0 saturated heterocycles. The Morgan fingerprint density at radius 1 is 1.12 bits per heavy atom. The molecule has 0 bridgehead atoms. The highest BCUT2D eigenvalue weighted by Gasteiger charge is 2.18. The van der Waals surface area contributed by atoms with Crippen LogP contribution < -0.4 is 5.32 Å². The number of rotatable bonds is 5. The number of hydrogen-bond acceptors (Lipinski definition) is 4. The number of aliphatic imine (C=N–C) groups is 1. The summed E-state index contributed by atoms with van der Waals surface area (Å²) >= 11 is 0. The van der Waals surface area contributed by atoms with Crippen LogP contribution in [0.5, 0.6) is 0 Å². The van der Waals surface area contributed by atoms with Crippen molar-refractivity contribution in [3.8, 4) is 5.69 Å². The summed E-state index contributed by atoms with van der Waals surface area (Å²) in [6, 6.07) is 10.4. The van der Waals surface area contributed by atoms with Crippen molar-refractivity contribution in [1.82, 2.24) is 20.0 Å². The SMILES string of the molecule is CCc1nn(-c2ccccc2)c(CC)c1CNC1=NCCN1C.I. The van der Waals surface area contributed by atoms with Gasteiger partial charge in [-0.1, -0.05) is 32.0 Å². The van der Waals surface area contributed by atoms with Crippen molar-refractivity contribution in [2.24, 2.45) is 4.99 Å². The summed E-state index contributed by atoms with van der Waals surface area (Å²) in [5, 5.41) is 8.34. The number of aryl methyl sites for hydroxylation is 1. The smallest absolute Gasteiger partial charge is 0.194 e. The molecule has 24 heavy (non-hydrogen) atoms. The first kappa shape index (κ1) is 18.8. The van der Waals surface area contributed by atoms with Crippen LogP contribution in [0.3, 0.4) is 0 Å². The number of benzene rings is 1. The topological polar surface area (TPSA) is 45.5 Å². The third kappa shape index (κ3) is 3.74. The van der Waals surface area contributed by atoms with Crippen molar-refractivity contribution >= 4 is 29.9 Å². The molecule has 5 nitrogen and oxygen atoms in total. The van der Waals surface area contributed by atoms with Gasteiger partial charge in [0.15, 0.2) is 5.96 Å². The van der Waals surface area contributed by atoms with Gasteiger partial charge < -0.3 is 10.2 Å². The second kappa shape index (κ2) is 8.50. The van der Waals surface area contributed by atoms with Crippen LogP contribution in [0, 0.1) is 0 Å². The van der Waals surface area contributed by atoms with Crippen molar-refractivity contribution < 1.29 is 0 Å². The Hall–Kier alpha value is -1.57. The van der Waals surface area contributed by atoms with Gasteiger partial charge in [0.05, 0.1) is 17.9 Å². The van der Waals surface area contributed by atoms with E-state index in [1.165, 1.54) is 17.0 Å². The summed E-state index contributed by atoms with van der Waals surface area (Å²) in [7, 11) is 2.08. The average molecular weight is 439 g/mol. The monoisotopic (exact) mass is 439 g/mol. The zero-order valence-electron chi connectivity index (χ0n) is 14.6. The van der Waals surface area contributed by atoms with Gasteiger partial charge in [-0.05, 0) is 25.0 Å². The van der Waals surface area contributed by atoms with Crippen LogP contribution in [0.15, 0.2) is 35.3 Å². The van der Waals surface area contributed by atoms with E-state index in [1.807, 2.05) is 6.07 Å². The third-order valence-corrected chi connectivity index (χ3v) is 4.33. The third-order valence-electron chi connectivity index (χ3n) is 4.33. The molecule has 0 spiro atoms. The summed E-state index contributed by atoms with van der Waals surface area (Å²) in [4.78, 5) is 6.68. The molecule has 1 aromatic carbocycles. The van der Waals surface area contributed by atoms with Crippen LogP contribution in [0.25, 0.3) is 5.69 Å². The molecule has 1 aliphatic rings. The lowest BCUT2D eigenvalue weighted by Gasteiger charge is -2.16. The molecule has 1 aliphatic heterocycles. The summed E-state index contributed by atoms with van der Waals surface area (Å²) < 4.78 is 2.09. The number of nitrogens with one attached hydrogen (secondary N) is 1. The van der Waals surface area contributed by atoms with Gasteiger partial charge >= 0.3 is 0 Å². The highest BCUT2D eigenvalue weighted by atomic mass is 127. The van der Waals surface area contributed by atoms with E-state index in [9.17, 15) is 0 Å². The first-order valence-corrected chi connectivity index (χ1v) is 8.39. The number of para-hydroxylation sites is 1. The molecule has 0 aliphatic carbocycles. The molecule has 0 radical (unpaired) electrons. The van der Waals surface area contributed by atoms with Crippen molar-refractivity contribution in [2.45, 2.75) is 33.2 Å². The number of hydrogen-bond donors (Lipinski definition) is 1. The highest BCUT2D eigenvalue weighted by molar-refractivity contribution is 14.0. The van der Waals surface area contributed by atoms with Crippen LogP contribution in [-0.2, 0) is 19.4 Å². The van der Waals surface area contributed by atoms with Crippen LogP contribution in [0.1, 0.15) is 30.8 Å². The van der Waals surface area contributed by atoms with E-state index in [0.29, 0.717) is 0 Å². The van der Waals surface area contributed by atoms with Gasteiger partial charge in [0.25, 0.3) is 0 Å². The molecule has 0 amide bonds. The summed E-state index contributed by atoms with van der Waals surface area (Å²) in [5.41, 5.74) is 4.88. The molecular formula is C18H26IN5. The van der Waals surface area contributed by atoms with Crippen LogP contribution >= 0.6 is 24.0 Å². The van der Waals surface area contributed by atoms with E-state index < -0.39 is 0 Å². The van der Waals surface area contributed by atoms with Gasteiger partial charge in [-0.3, -0.25) is 4.99 Å². The quantitative estimate of drug-likeness (QED) is 0.729. The fraction of sp³-hybridized carbons (Fsp3) is 0.444. The lowest BCUT2D eigenvalue weighted by Crippen LogP contribution is -2.35. The molecule has 0 saturated carbocycles. The molecular weight excluding hydrogens is 413 g/mol. The average Bonchev–Trinajstić information content (AvgIpc) is 3.16. The normalized spacial score (nSPS) is 13.6. The summed E-state index contributed by atoms with van der Waals surface area (Å²) in [5.74, 6) is 0.988. The molecule has 1 N–H and O–H groups in total. The molecule has 130 valence electrons. The standard InChI is InChI=1S/C18H25N5.HI/c1-4-16-15(13-20-18-19-11-12-22(18)3)17(5-2)23(21-16)14-9-7-6-8-10-14;/h6-10H,4-5,11-13H2,1-3H3,(H,19,20);1H. The van der Waals surface area contributed by atoms with Crippen molar-refractivity contribution in [2.75, 3.05) is 20.1 Å². The zero-order valence-corrected chi connectivity index (χ0v) is 16.9. The Bertz CT molecular complexity index is 693. The Labute approximate surface area is 161 Å². The van der Waals surface area contributed by atoms with Gasteiger partial charge in [0.1, 0.15) is 0 Å². The fourth-order valence-corrected chi connectivity index (χ4v) is 3.06. The van der Waals surface area contributed by atoms with Gasteiger partial charge in [0.2, 0.25) is 0 Å². The van der Waals surface area contributed by atoms with E-state index in [2.05, 4.69) is 65.1 Å². The van der Waals surface area contributed by atoms with Gasteiger partial charge in [-0.25, -0.2) is 4.68 Å². The maximum atomic E-state index is 4.86. The van der Waals surface area contributed by atoms with Crippen LogP contribution in [-0.4, -0.2) is 40.8 Å². The van der Waals surface area contributed by atoms with Gasteiger partial charge in [-0.15, -0.1) is 24.0 Å². The Morgan fingerprint density at radius 2 is 1.88 bits per heavy atom. The number of halogens is 1. The first-order chi connectivity index (χ1) is 11.2. The molecule has 0 fully saturated rings. The van der Waals surface area contributed by atoms with Gasteiger partial charge in [-0.2, -0.15) is 5.10 Å². The van der Waals surface area contributed by atoms with Crippen LogP contribution in [0.4, 0.5) is 0 Å². The lowest BCUT2D eigenvalue weighted by atomic mass is 10.1. The zero-order chi connectivity index (χ0) is 16.2. The largest absolute Gasteiger partial charge is 0.352 e.